The van der Waals surface area contributed by atoms with E-state index >= 15 is 0 Å². The van der Waals surface area contributed by atoms with Gasteiger partial charge in [-0.15, -0.1) is 37.2 Å². The molecule has 0 aliphatic carbocycles. The first-order chi connectivity index (χ1) is 13.6. The van der Waals surface area contributed by atoms with Crippen LogP contribution in [0.4, 0.5) is 0 Å². The van der Waals surface area contributed by atoms with Crippen molar-refractivity contribution in [2.24, 2.45) is 0 Å². The summed E-state index contributed by atoms with van der Waals surface area (Å²) >= 11 is 0. The van der Waals surface area contributed by atoms with E-state index in [1.165, 1.54) is 22.5 Å². The van der Waals surface area contributed by atoms with E-state index in [4.69, 9.17) is 4.98 Å². The standard InChI is InChI=1S/C24H30N4.3ClH/c1-18-23(26-20(3)25-18)19(2)27-14-16-28(17-15-27)24(21-10-6-4-7-11-21)22-12-8-5-9-13-22;;;/h4-13,19,24H,14-17H2,1-3H3,(H,25,26);3*1H. The molecule has 0 saturated carbocycles. The van der Waals surface area contributed by atoms with E-state index < -0.39 is 0 Å². The maximum absolute atomic E-state index is 4.72. The van der Waals surface area contributed by atoms with Crippen molar-refractivity contribution >= 4 is 37.2 Å². The number of aryl methyl sites for hydroxylation is 2. The van der Waals surface area contributed by atoms with Crippen LogP contribution in [0, 0.1) is 13.8 Å². The highest BCUT2D eigenvalue weighted by Gasteiger charge is 2.29. The van der Waals surface area contributed by atoms with E-state index in [-0.39, 0.29) is 37.2 Å². The fraction of sp³-hybridized carbons (Fsp3) is 0.375. The summed E-state index contributed by atoms with van der Waals surface area (Å²) in [7, 11) is 0. The third-order valence-electron chi connectivity index (χ3n) is 5.93. The Morgan fingerprint density at radius 3 is 1.61 bits per heavy atom. The summed E-state index contributed by atoms with van der Waals surface area (Å²) in [6.07, 6.45) is 0. The van der Waals surface area contributed by atoms with Crippen molar-refractivity contribution < 1.29 is 0 Å². The number of hydrogen-bond donors (Lipinski definition) is 1. The number of benzene rings is 2. The van der Waals surface area contributed by atoms with Gasteiger partial charge in [0.05, 0.1) is 17.8 Å². The normalized spacial score (nSPS) is 15.5. The predicted octanol–water partition coefficient (Wildman–Crippen LogP) is 5.76. The molecule has 1 unspecified atom stereocenters. The number of nitrogens with one attached hydrogen (secondary N) is 1. The molecule has 2 heterocycles. The van der Waals surface area contributed by atoms with Gasteiger partial charge in [-0.2, -0.15) is 0 Å². The molecule has 0 amide bonds. The van der Waals surface area contributed by atoms with Gasteiger partial charge in [-0.3, -0.25) is 9.80 Å². The second-order valence-electron chi connectivity index (χ2n) is 7.80. The van der Waals surface area contributed by atoms with Crippen LogP contribution in [0.2, 0.25) is 0 Å². The Kier molecular flexibility index (Phi) is 11.1. The molecular formula is C24H33Cl3N4. The summed E-state index contributed by atoms with van der Waals surface area (Å²) in [6, 6.07) is 22.4. The fourth-order valence-electron chi connectivity index (χ4n) is 4.48. The highest BCUT2D eigenvalue weighted by molar-refractivity contribution is 5.86. The lowest BCUT2D eigenvalue weighted by atomic mass is 9.96. The van der Waals surface area contributed by atoms with E-state index in [0.29, 0.717) is 12.1 Å². The van der Waals surface area contributed by atoms with Gasteiger partial charge < -0.3 is 4.98 Å². The summed E-state index contributed by atoms with van der Waals surface area (Å²) in [6.45, 7) is 10.7. The molecule has 2 aromatic carbocycles. The van der Waals surface area contributed by atoms with Crippen LogP contribution in [-0.4, -0.2) is 45.9 Å². The van der Waals surface area contributed by atoms with Gasteiger partial charge >= 0.3 is 0 Å². The van der Waals surface area contributed by atoms with Crippen molar-refractivity contribution in [1.82, 2.24) is 19.8 Å². The third kappa shape index (κ3) is 6.24. The zero-order valence-corrected chi connectivity index (χ0v) is 20.8. The van der Waals surface area contributed by atoms with Gasteiger partial charge in [0.2, 0.25) is 0 Å². The monoisotopic (exact) mass is 482 g/mol. The van der Waals surface area contributed by atoms with Gasteiger partial charge in [0.1, 0.15) is 5.82 Å². The number of H-pyrrole nitrogens is 1. The second kappa shape index (κ2) is 12.5. The maximum Gasteiger partial charge on any atom is 0.103 e. The SMILES string of the molecule is Cc1nc(C(C)N2CCN(C(c3ccccc3)c3ccccc3)CC2)c(C)[nH]1.Cl.Cl.Cl. The molecule has 1 atom stereocenters. The van der Waals surface area contributed by atoms with E-state index in [9.17, 15) is 0 Å². The molecule has 3 aromatic rings. The van der Waals surface area contributed by atoms with Crippen molar-refractivity contribution in [3.63, 3.8) is 0 Å². The molecule has 1 aliphatic rings. The average Bonchev–Trinajstić information content (AvgIpc) is 3.08. The van der Waals surface area contributed by atoms with E-state index in [2.05, 4.69) is 89.3 Å². The highest BCUT2D eigenvalue weighted by Crippen LogP contribution is 2.31. The molecule has 0 radical (unpaired) electrons. The van der Waals surface area contributed by atoms with Crippen molar-refractivity contribution in [2.45, 2.75) is 32.9 Å². The van der Waals surface area contributed by atoms with Crippen LogP contribution >= 0.6 is 37.2 Å². The van der Waals surface area contributed by atoms with Crippen LogP contribution in [0.15, 0.2) is 60.7 Å². The van der Waals surface area contributed by atoms with E-state index in [0.717, 1.165) is 32.0 Å². The van der Waals surface area contributed by atoms with Crippen LogP contribution in [0.25, 0.3) is 0 Å². The van der Waals surface area contributed by atoms with Crippen LogP contribution in [0.5, 0.6) is 0 Å². The Bertz CT molecular complexity index is 854. The number of nitrogens with zero attached hydrogens (tertiary/aromatic N) is 3. The van der Waals surface area contributed by atoms with Crippen LogP contribution < -0.4 is 0 Å². The topological polar surface area (TPSA) is 35.2 Å². The zero-order chi connectivity index (χ0) is 19.5. The maximum atomic E-state index is 4.72. The molecular weight excluding hydrogens is 451 g/mol. The van der Waals surface area contributed by atoms with Gasteiger partial charge in [-0.05, 0) is 31.9 Å². The summed E-state index contributed by atoms with van der Waals surface area (Å²) in [5.41, 5.74) is 5.12. The Labute approximate surface area is 204 Å². The Morgan fingerprint density at radius 1 is 0.742 bits per heavy atom. The molecule has 0 bridgehead atoms. The lowest BCUT2D eigenvalue weighted by Crippen LogP contribution is -2.48. The van der Waals surface area contributed by atoms with Crippen molar-refractivity contribution in [2.75, 3.05) is 26.2 Å². The fourth-order valence-corrected chi connectivity index (χ4v) is 4.48. The average molecular weight is 484 g/mol. The minimum Gasteiger partial charge on any atom is -0.346 e. The predicted molar refractivity (Wildman–Crippen MR) is 136 cm³/mol. The third-order valence-corrected chi connectivity index (χ3v) is 5.93. The van der Waals surface area contributed by atoms with Gasteiger partial charge in [0.15, 0.2) is 0 Å². The van der Waals surface area contributed by atoms with Gasteiger partial charge in [0.25, 0.3) is 0 Å². The van der Waals surface area contributed by atoms with Crippen LogP contribution in [-0.2, 0) is 0 Å². The molecule has 1 aromatic heterocycles. The van der Waals surface area contributed by atoms with Gasteiger partial charge in [-0.1, -0.05) is 60.7 Å². The molecule has 31 heavy (non-hydrogen) atoms. The number of halogens is 3. The molecule has 1 aliphatic heterocycles. The molecule has 7 heteroatoms. The summed E-state index contributed by atoms with van der Waals surface area (Å²) in [4.78, 5) is 13.3. The van der Waals surface area contributed by atoms with E-state index in [1.807, 2.05) is 6.92 Å². The number of piperazine rings is 1. The van der Waals surface area contributed by atoms with Crippen LogP contribution in [0.3, 0.4) is 0 Å². The number of hydrogen-bond acceptors (Lipinski definition) is 3. The Morgan fingerprint density at radius 2 is 1.19 bits per heavy atom. The van der Waals surface area contributed by atoms with Crippen molar-refractivity contribution in [3.05, 3.63) is 89.0 Å². The Hall–Kier alpha value is -1.56. The minimum atomic E-state index is 0. The lowest BCUT2D eigenvalue weighted by Gasteiger charge is -2.41. The zero-order valence-electron chi connectivity index (χ0n) is 18.3. The highest BCUT2D eigenvalue weighted by atomic mass is 35.5. The van der Waals surface area contributed by atoms with Gasteiger partial charge in [-0.25, -0.2) is 4.98 Å². The van der Waals surface area contributed by atoms with Crippen molar-refractivity contribution in [1.29, 1.82) is 0 Å². The first-order valence-electron chi connectivity index (χ1n) is 10.2. The smallest absolute Gasteiger partial charge is 0.103 e. The molecule has 1 N–H and O–H groups in total. The second-order valence-corrected chi connectivity index (χ2v) is 7.80. The number of imidazole rings is 1. The molecule has 4 nitrogen and oxygen atoms in total. The number of rotatable bonds is 5. The quantitative estimate of drug-likeness (QED) is 0.501. The molecule has 1 fully saturated rings. The largest absolute Gasteiger partial charge is 0.346 e. The Balaban J connectivity index is 0.00000160. The number of aromatic amines is 1. The summed E-state index contributed by atoms with van der Waals surface area (Å²) < 4.78 is 0. The van der Waals surface area contributed by atoms with Crippen LogP contribution in [0.1, 0.15) is 47.3 Å². The van der Waals surface area contributed by atoms with Gasteiger partial charge in [0, 0.05) is 31.9 Å². The summed E-state index contributed by atoms with van der Waals surface area (Å²) in [5, 5.41) is 0. The molecule has 4 rings (SSSR count). The minimum absolute atomic E-state index is 0. The molecule has 170 valence electrons. The molecule has 0 spiro atoms. The molecule has 1 saturated heterocycles. The first kappa shape index (κ1) is 27.5. The summed E-state index contributed by atoms with van der Waals surface area (Å²) in [5.74, 6) is 1.01. The van der Waals surface area contributed by atoms with E-state index in [1.54, 1.807) is 0 Å². The number of aromatic nitrogens is 2. The first-order valence-corrected chi connectivity index (χ1v) is 10.2. The lowest BCUT2D eigenvalue weighted by molar-refractivity contribution is 0.0825. The van der Waals surface area contributed by atoms with Crippen molar-refractivity contribution in [3.8, 4) is 0 Å².